The summed E-state index contributed by atoms with van der Waals surface area (Å²) < 4.78 is 47.9. The number of benzene rings is 3. The van der Waals surface area contributed by atoms with Gasteiger partial charge >= 0.3 is 5.69 Å². The van der Waals surface area contributed by atoms with Crippen LogP contribution in [0.25, 0.3) is 0 Å². The SMILES string of the molecule is COc1ccc(C(OC[C@H]2O[C@@H](n3cc(Br)c(=O)[nH]c3=O)C(OC)[C@H]2OP(OCCC#N)N(C(C)C)C(C)C)(c2ccccc2)c2ccc(OC)cc2)cc1. The summed E-state index contributed by atoms with van der Waals surface area (Å²) >= 11 is 3.26. The topological polar surface area (TPSA) is 147 Å². The maximum absolute atomic E-state index is 13.3. The number of H-pyrrole nitrogens is 1. The molecule has 5 rings (SSSR count). The van der Waals surface area contributed by atoms with Crippen LogP contribution in [0.4, 0.5) is 0 Å². The van der Waals surface area contributed by atoms with Gasteiger partial charge in [0.2, 0.25) is 0 Å². The summed E-state index contributed by atoms with van der Waals surface area (Å²) in [7, 11) is 2.95. The van der Waals surface area contributed by atoms with E-state index in [-0.39, 0.29) is 36.2 Å². The maximum atomic E-state index is 13.3. The van der Waals surface area contributed by atoms with Crippen molar-refractivity contribution >= 4 is 24.5 Å². The van der Waals surface area contributed by atoms with E-state index in [1.165, 1.54) is 17.9 Å². The molecule has 5 atom stereocenters. The minimum atomic E-state index is -1.79. The number of hydrogen-bond donors (Lipinski definition) is 1. The summed E-state index contributed by atoms with van der Waals surface area (Å²) in [6.07, 6.45) is -2.08. The van der Waals surface area contributed by atoms with Gasteiger partial charge in [-0.05, 0) is 84.6 Å². The van der Waals surface area contributed by atoms with Crippen molar-refractivity contribution in [2.24, 2.45) is 0 Å². The minimum absolute atomic E-state index is 0.00987. The van der Waals surface area contributed by atoms with Crippen LogP contribution in [0.3, 0.4) is 0 Å². The Kier molecular flexibility index (Phi) is 14.8. The number of aromatic amines is 1. The zero-order chi connectivity index (χ0) is 39.7. The van der Waals surface area contributed by atoms with Crippen molar-refractivity contribution in [3.8, 4) is 17.6 Å². The summed E-state index contributed by atoms with van der Waals surface area (Å²) in [6, 6.07) is 27.4. The van der Waals surface area contributed by atoms with Crippen LogP contribution in [0.2, 0.25) is 0 Å². The van der Waals surface area contributed by atoms with Gasteiger partial charge in [0.15, 0.2) is 6.23 Å². The fourth-order valence-corrected chi connectivity index (χ4v) is 8.86. The smallest absolute Gasteiger partial charge is 0.330 e. The Balaban J connectivity index is 1.66. The van der Waals surface area contributed by atoms with Gasteiger partial charge in [-0.15, -0.1) is 0 Å². The first-order valence-corrected chi connectivity index (χ1v) is 19.8. The van der Waals surface area contributed by atoms with E-state index in [0.29, 0.717) is 11.5 Å². The van der Waals surface area contributed by atoms with Gasteiger partial charge in [0.1, 0.15) is 35.4 Å². The number of rotatable bonds is 18. The molecule has 0 saturated carbocycles. The summed E-state index contributed by atoms with van der Waals surface area (Å²) in [5.74, 6) is 1.36. The van der Waals surface area contributed by atoms with E-state index >= 15 is 0 Å². The third-order valence-electron chi connectivity index (χ3n) is 9.27. The molecule has 0 radical (unpaired) electrons. The lowest BCUT2D eigenvalue weighted by Crippen LogP contribution is -2.43. The number of ether oxygens (including phenoxy) is 5. The van der Waals surface area contributed by atoms with Crippen molar-refractivity contribution in [3.05, 3.63) is 127 Å². The van der Waals surface area contributed by atoms with Crippen molar-refractivity contribution in [3.63, 3.8) is 0 Å². The summed E-state index contributed by atoms with van der Waals surface area (Å²) in [5.41, 5.74) is 0.0134. The molecule has 0 bridgehead atoms. The number of nitrogens with one attached hydrogen (secondary N) is 1. The fourth-order valence-electron chi connectivity index (χ4n) is 6.77. The van der Waals surface area contributed by atoms with E-state index in [1.54, 1.807) is 14.2 Å². The molecule has 15 heteroatoms. The molecule has 2 unspecified atom stereocenters. The average Bonchev–Trinajstić information content (AvgIpc) is 3.53. The summed E-state index contributed by atoms with van der Waals surface area (Å²) in [4.78, 5) is 28.0. The van der Waals surface area contributed by atoms with E-state index < -0.39 is 49.9 Å². The molecular formula is C40H48BrN4O9P. The van der Waals surface area contributed by atoms with E-state index in [1.807, 2.05) is 107 Å². The molecular weight excluding hydrogens is 791 g/mol. The molecule has 1 fully saturated rings. The van der Waals surface area contributed by atoms with E-state index in [2.05, 4.69) is 31.7 Å². The summed E-state index contributed by atoms with van der Waals surface area (Å²) in [5, 5.41) is 9.35. The first-order chi connectivity index (χ1) is 26.5. The molecule has 0 spiro atoms. The van der Waals surface area contributed by atoms with Gasteiger partial charge in [-0.25, -0.2) is 9.46 Å². The zero-order valence-corrected chi connectivity index (χ0v) is 34.5. The Labute approximate surface area is 331 Å². The first-order valence-electron chi connectivity index (χ1n) is 17.9. The highest BCUT2D eigenvalue weighted by Gasteiger charge is 2.51. The third kappa shape index (κ3) is 9.39. The van der Waals surface area contributed by atoms with E-state index in [0.717, 1.165) is 16.7 Å². The standard InChI is InChI=1S/C40H48BrN4O9P/c1-26(2)45(27(3)4)55(52-23-11-22-42)54-35-34(53-38(36(35)50-7)44-24-33(41)37(46)43-39(44)47)25-51-40(28-12-9-8-10-13-28,29-14-18-31(48-5)19-15-29)30-16-20-32(49-6)21-17-30/h8-10,12-21,24,26-27,34-36,38H,11,23,25H2,1-7H3,(H,43,46,47)/t34-,35+,36?,38-,55?/m1/s1. The molecule has 0 aliphatic carbocycles. The van der Waals surface area contributed by atoms with Crippen LogP contribution in [0.15, 0.2) is 99.1 Å². The molecule has 1 aromatic heterocycles. The van der Waals surface area contributed by atoms with Gasteiger partial charge in [0, 0.05) is 25.4 Å². The van der Waals surface area contributed by atoms with Gasteiger partial charge in [-0.1, -0.05) is 54.6 Å². The Morgan fingerprint density at radius 1 is 0.891 bits per heavy atom. The Hall–Kier alpha value is -3.90. The summed E-state index contributed by atoms with van der Waals surface area (Å²) in [6.45, 7) is 8.27. The fraction of sp³-hybridized carbons (Fsp3) is 0.425. The van der Waals surface area contributed by atoms with E-state index in [9.17, 15) is 14.9 Å². The molecule has 2 heterocycles. The van der Waals surface area contributed by atoms with Gasteiger partial charge < -0.3 is 32.7 Å². The lowest BCUT2D eigenvalue weighted by Gasteiger charge is -2.39. The number of nitrogens with zero attached hydrogens (tertiary/aromatic N) is 3. The highest BCUT2D eigenvalue weighted by atomic mass is 79.9. The van der Waals surface area contributed by atoms with Crippen molar-refractivity contribution in [2.75, 3.05) is 34.5 Å². The maximum Gasteiger partial charge on any atom is 0.330 e. The van der Waals surface area contributed by atoms with Crippen LogP contribution < -0.4 is 20.7 Å². The minimum Gasteiger partial charge on any atom is -0.497 e. The van der Waals surface area contributed by atoms with Crippen LogP contribution in [0, 0.1) is 11.3 Å². The highest BCUT2D eigenvalue weighted by molar-refractivity contribution is 9.10. The molecule has 55 heavy (non-hydrogen) atoms. The molecule has 294 valence electrons. The molecule has 4 aromatic rings. The van der Waals surface area contributed by atoms with Crippen LogP contribution in [0.5, 0.6) is 11.5 Å². The van der Waals surface area contributed by atoms with Crippen molar-refractivity contribution in [1.82, 2.24) is 14.2 Å². The first kappa shape index (κ1) is 42.2. The average molecular weight is 840 g/mol. The molecule has 3 aromatic carbocycles. The van der Waals surface area contributed by atoms with Crippen molar-refractivity contribution in [1.29, 1.82) is 5.26 Å². The van der Waals surface area contributed by atoms with Gasteiger partial charge in [0.25, 0.3) is 14.1 Å². The number of aromatic nitrogens is 2. The largest absolute Gasteiger partial charge is 0.497 e. The van der Waals surface area contributed by atoms with Crippen molar-refractivity contribution < 1.29 is 32.7 Å². The molecule has 1 aliphatic rings. The normalized spacial score (nSPS) is 19.2. The second-order valence-electron chi connectivity index (χ2n) is 13.3. The predicted molar refractivity (Wildman–Crippen MR) is 212 cm³/mol. The Bertz CT molecular complexity index is 1930. The molecule has 13 nitrogen and oxygen atoms in total. The Morgan fingerprint density at radius 2 is 1.45 bits per heavy atom. The third-order valence-corrected chi connectivity index (χ3v) is 12.0. The van der Waals surface area contributed by atoms with Crippen LogP contribution in [-0.2, 0) is 28.9 Å². The monoisotopic (exact) mass is 838 g/mol. The molecule has 1 aliphatic heterocycles. The lowest BCUT2D eigenvalue weighted by molar-refractivity contribution is -0.0958. The highest BCUT2D eigenvalue weighted by Crippen LogP contribution is 2.51. The van der Waals surface area contributed by atoms with Crippen molar-refractivity contribution in [2.45, 2.75) is 76.3 Å². The molecule has 0 amide bonds. The molecule has 1 N–H and O–H groups in total. The van der Waals surface area contributed by atoms with E-state index in [4.69, 9.17) is 32.7 Å². The Morgan fingerprint density at radius 3 is 1.96 bits per heavy atom. The van der Waals surface area contributed by atoms with Crippen LogP contribution >= 0.6 is 24.5 Å². The number of halogens is 1. The number of nitriles is 1. The predicted octanol–water partition coefficient (Wildman–Crippen LogP) is 6.90. The number of methoxy groups -OCH3 is 3. The van der Waals surface area contributed by atoms with Gasteiger partial charge in [-0.2, -0.15) is 5.26 Å². The quantitative estimate of drug-likeness (QED) is 0.0635. The zero-order valence-electron chi connectivity index (χ0n) is 32.0. The molecule has 1 saturated heterocycles. The van der Waals surface area contributed by atoms with Crippen LogP contribution in [0.1, 0.15) is 57.0 Å². The van der Waals surface area contributed by atoms with Gasteiger partial charge in [0.05, 0.1) is 44.4 Å². The second kappa shape index (κ2) is 19.3. The number of hydrogen-bond acceptors (Lipinski definition) is 11. The lowest BCUT2D eigenvalue weighted by atomic mass is 9.80. The van der Waals surface area contributed by atoms with Gasteiger partial charge in [-0.3, -0.25) is 14.3 Å². The van der Waals surface area contributed by atoms with Crippen LogP contribution in [-0.4, -0.2) is 79.2 Å². The second-order valence-corrected chi connectivity index (χ2v) is 15.6.